The lowest BCUT2D eigenvalue weighted by molar-refractivity contribution is 1.33. The van der Waals surface area contributed by atoms with Crippen molar-refractivity contribution in [2.45, 2.75) is 0 Å². The van der Waals surface area contributed by atoms with Crippen molar-refractivity contribution in [1.29, 1.82) is 0 Å². The molecule has 0 saturated heterocycles. The summed E-state index contributed by atoms with van der Waals surface area (Å²) in [5.74, 6) is 0. The molecular weight excluding hydrogens is 74.1 g/mol. The molecule has 1 nitrogen and oxygen atoms in total. The maximum absolute atomic E-state index is 3.48. The van der Waals surface area contributed by atoms with Crippen LogP contribution in [-0.2, 0) is 0 Å². The van der Waals surface area contributed by atoms with Crippen LogP contribution in [0.3, 0.4) is 0 Å². The molecule has 0 aliphatic carbocycles. The Morgan fingerprint density at radius 3 is 2.50 bits per heavy atom. The van der Waals surface area contributed by atoms with Gasteiger partial charge in [0.2, 0.25) is 0 Å². The standard InChI is InChI=1S/C5H2N/c1-2-4-6-5-3-1/h1-2H. The average molecular weight is 76.1 g/mol. The third-order valence-corrected chi connectivity index (χ3v) is 0.426. The summed E-state index contributed by atoms with van der Waals surface area (Å²) in [6, 6.07) is 6.00. The summed E-state index contributed by atoms with van der Waals surface area (Å²) in [5, 5.41) is 0. The summed E-state index contributed by atoms with van der Waals surface area (Å²) in [4.78, 5) is 3.48. The smallest absolute Gasteiger partial charge is 0.101 e. The van der Waals surface area contributed by atoms with Crippen molar-refractivity contribution < 1.29 is 0 Å². The Kier molecular flexibility index (Phi) is 0.749. The number of nitrogens with zero attached hydrogens (tertiary/aromatic N) is 1. The summed E-state index contributed by atoms with van der Waals surface area (Å²) in [5.41, 5.74) is 0. The molecule has 0 bridgehead atoms. The van der Waals surface area contributed by atoms with E-state index in [4.69, 9.17) is 0 Å². The second-order valence-electron chi connectivity index (χ2n) is 0.830. The maximum Gasteiger partial charge on any atom is 0.101 e. The van der Waals surface area contributed by atoms with E-state index in [1.165, 1.54) is 0 Å². The molecule has 0 amide bonds. The van der Waals surface area contributed by atoms with Gasteiger partial charge in [0.05, 0.1) is 0 Å². The lowest BCUT2D eigenvalue weighted by Crippen LogP contribution is -1.56. The Bertz CT molecular complexity index is 75.9. The van der Waals surface area contributed by atoms with Crippen LogP contribution in [0.15, 0.2) is 12.1 Å². The van der Waals surface area contributed by atoms with Crippen LogP contribution in [0.2, 0.25) is 0 Å². The zero-order valence-electron chi connectivity index (χ0n) is 3.10. The second-order valence-corrected chi connectivity index (χ2v) is 0.830. The van der Waals surface area contributed by atoms with E-state index in [0.29, 0.717) is 0 Å². The number of hydrogen-bond donors (Lipinski definition) is 0. The van der Waals surface area contributed by atoms with Crippen molar-refractivity contribution in [3.8, 4) is 0 Å². The highest BCUT2D eigenvalue weighted by Gasteiger charge is 1.55. The van der Waals surface area contributed by atoms with E-state index in [1.54, 1.807) is 12.1 Å². The highest BCUT2D eigenvalue weighted by atomic mass is 14.6. The molecule has 0 spiro atoms. The Balaban J connectivity index is 3.00. The van der Waals surface area contributed by atoms with Crippen LogP contribution in [-0.4, -0.2) is 4.98 Å². The zero-order chi connectivity index (χ0) is 4.24. The normalized spacial score (nSPS) is 6.67. The van der Waals surface area contributed by atoms with Crippen molar-refractivity contribution in [2.75, 3.05) is 0 Å². The molecule has 0 fully saturated rings. The lowest BCUT2D eigenvalue weighted by Gasteiger charge is -1.59. The van der Waals surface area contributed by atoms with Gasteiger partial charge in [0.15, 0.2) is 0 Å². The predicted octanol–water partition coefficient (Wildman–Crippen LogP) is 0.482. The molecule has 1 aromatic rings. The number of rotatable bonds is 0. The SMILES string of the molecule is c1cc[c]nc#1. The van der Waals surface area contributed by atoms with Gasteiger partial charge in [-0.25, -0.2) is 0 Å². The monoisotopic (exact) mass is 76.0 g/mol. The van der Waals surface area contributed by atoms with Crippen LogP contribution in [0.4, 0.5) is 0 Å². The van der Waals surface area contributed by atoms with Crippen molar-refractivity contribution in [3.63, 3.8) is 0 Å². The largest absolute Gasteiger partial charge is 0.195 e. The highest BCUT2D eigenvalue weighted by Crippen LogP contribution is 1.63. The van der Waals surface area contributed by atoms with Crippen LogP contribution >= 0.6 is 0 Å². The van der Waals surface area contributed by atoms with E-state index in [1.807, 2.05) is 0 Å². The molecule has 0 aromatic carbocycles. The van der Waals surface area contributed by atoms with Gasteiger partial charge in [-0.05, 0) is 18.2 Å². The summed E-state index contributed by atoms with van der Waals surface area (Å²) in [6.07, 6.45) is 5.02. The van der Waals surface area contributed by atoms with Crippen LogP contribution in [0, 0.1) is 18.5 Å². The van der Waals surface area contributed by atoms with E-state index < -0.39 is 0 Å². The predicted molar refractivity (Wildman–Crippen MR) is 20.7 cm³/mol. The van der Waals surface area contributed by atoms with Crippen molar-refractivity contribution in [2.24, 2.45) is 0 Å². The number of aromatic nitrogens is 1. The zero-order valence-corrected chi connectivity index (χ0v) is 3.10. The van der Waals surface area contributed by atoms with Gasteiger partial charge in [-0.15, -0.1) is 0 Å². The molecule has 1 heteroatoms. The molecule has 0 aliphatic rings. The van der Waals surface area contributed by atoms with Gasteiger partial charge in [-0.2, -0.15) is 4.98 Å². The highest BCUT2D eigenvalue weighted by molar-refractivity contribution is 4.77. The molecule has 0 saturated carbocycles. The number of hydrogen-bond acceptors (Lipinski definition) is 1. The van der Waals surface area contributed by atoms with Crippen molar-refractivity contribution in [3.05, 3.63) is 30.6 Å². The minimum Gasteiger partial charge on any atom is -0.195 e. The van der Waals surface area contributed by atoms with Gasteiger partial charge in [0.1, 0.15) is 6.20 Å². The minimum atomic E-state index is 1.68. The first-order valence-electron chi connectivity index (χ1n) is 1.61. The van der Waals surface area contributed by atoms with Gasteiger partial charge in [-0.1, -0.05) is 0 Å². The molecule has 6 heavy (non-hydrogen) atoms. The van der Waals surface area contributed by atoms with Gasteiger partial charge in [0, 0.05) is 6.20 Å². The fraction of sp³-hybridized carbons (Fsp3) is 0. The lowest BCUT2D eigenvalue weighted by atomic mass is 10.6. The van der Waals surface area contributed by atoms with Gasteiger partial charge in [0.25, 0.3) is 0 Å². The first-order chi connectivity index (χ1) is 3.00. The summed E-state index contributed by atoms with van der Waals surface area (Å²) in [6.45, 7) is 0. The molecule has 1 radical (unpaired) electrons. The fourth-order valence-corrected chi connectivity index (χ4v) is 0.218. The van der Waals surface area contributed by atoms with Gasteiger partial charge in [-0.3, -0.25) is 0 Å². The van der Waals surface area contributed by atoms with E-state index in [0.717, 1.165) is 0 Å². The molecule has 1 rings (SSSR count). The summed E-state index contributed by atoms with van der Waals surface area (Å²) in [7, 11) is 0. The molecular formula is C5H2N. The molecule has 1 heterocycles. The third kappa shape index (κ3) is 0.467. The summed E-state index contributed by atoms with van der Waals surface area (Å²) >= 11 is 0. The van der Waals surface area contributed by atoms with Crippen molar-refractivity contribution >= 4 is 0 Å². The van der Waals surface area contributed by atoms with Crippen molar-refractivity contribution in [1.82, 2.24) is 4.98 Å². The van der Waals surface area contributed by atoms with Crippen LogP contribution in [0.25, 0.3) is 0 Å². The third-order valence-electron chi connectivity index (χ3n) is 0.426. The van der Waals surface area contributed by atoms with E-state index in [2.05, 4.69) is 23.4 Å². The Morgan fingerprint density at radius 2 is 2.33 bits per heavy atom. The molecule has 0 N–H and O–H groups in total. The molecule has 0 unspecified atom stereocenters. The fourth-order valence-electron chi connectivity index (χ4n) is 0.218. The molecule has 0 atom stereocenters. The Labute approximate surface area is 36.7 Å². The minimum absolute atomic E-state index is 1.68. The van der Waals surface area contributed by atoms with Gasteiger partial charge < -0.3 is 0 Å². The van der Waals surface area contributed by atoms with Crippen LogP contribution in [0.1, 0.15) is 0 Å². The summed E-state index contributed by atoms with van der Waals surface area (Å²) < 4.78 is 0. The van der Waals surface area contributed by atoms with Crippen LogP contribution < -0.4 is 0 Å². The molecule has 0 aliphatic heterocycles. The van der Waals surface area contributed by atoms with Gasteiger partial charge >= 0.3 is 0 Å². The molecule has 27 valence electrons. The molecule has 1 aromatic heterocycles. The maximum atomic E-state index is 3.48. The first kappa shape index (κ1) is 3.17. The van der Waals surface area contributed by atoms with E-state index in [-0.39, 0.29) is 0 Å². The first-order valence-corrected chi connectivity index (χ1v) is 1.61. The Hall–Kier alpha value is -1.03. The average Bonchev–Trinajstić information content (AvgIpc) is 1.72. The van der Waals surface area contributed by atoms with Crippen LogP contribution in [0.5, 0.6) is 0 Å². The quantitative estimate of drug-likeness (QED) is 0.438. The Morgan fingerprint density at radius 1 is 1.33 bits per heavy atom. The second kappa shape index (κ2) is 1.42. The van der Waals surface area contributed by atoms with E-state index in [9.17, 15) is 0 Å². The topological polar surface area (TPSA) is 12.9 Å². The van der Waals surface area contributed by atoms with E-state index >= 15 is 0 Å².